The predicted molar refractivity (Wildman–Crippen MR) is 74.1 cm³/mol. The average molecular weight is 270 g/mol. The highest BCUT2D eigenvalue weighted by Gasteiger charge is 2.40. The van der Waals surface area contributed by atoms with Crippen LogP contribution < -0.4 is 5.32 Å². The van der Waals surface area contributed by atoms with Gasteiger partial charge in [0, 0.05) is 31.2 Å². The molecule has 2 bridgehead atoms. The molecule has 3 rings (SSSR count). The largest absolute Gasteiger partial charge is 0.375 e. The van der Waals surface area contributed by atoms with Gasteiger partial charge in [0.15, 0.2) is 0 Å². The van der Waals surface area contributed by atoms with Crippen molar-refractivity contribution in [2.45, 2.75) is 82.5 Å². The topological polar surface area (TPSA) is 24.5 Å². The summed E-state index contributed by atoms with van der Waals surface area (Å²) in [6, 6.07) is 0.978. The summed E-state index contributed by atoms with van der Waals surface area (Å²) in [4.78, 5) is 2.39. The Morgan fingerprint density at radius 3 is 2.42 bits per heavy atom. The van der Waals surface area contributed by atoms with Crippen molar-refractivity contribution in [1.82, 2.24) is 10.2 Å². The molecule has 19 heavy (non-hydrogen) atoms. The van der Waals surface area contributed by atoms with Crippen LogP contribution in [-0.2, 0) is 4.74 Å². The molecule has 110 valence electrons. The zero-order valence-corrected chi connectivity index (χ0v) is 12.1. The van der Waals surface area contributed by atoms with Crippen LogP contribution >= 0.6 is 0 Å². The number of hydrogen-bond donors (Lipinski definition) is 1. The van der Waals surface area contributed by atoms with Crippen LogP contribution in [0.15, 0.2) is 0 Å². The van der Waals surface area contributed by atoms with E-state index in [9.17, 15) is 4.39 Å². The molecule has 0 spiro atoms. The standard InChI is InChI=1S/C15H27FN2O/c1-10(2)17-15-5-6-18(9-14(15)16)11-7-12-3-4-13(8-11)19-12/h10-15,17H,3-9H2,1-2H3. The quantitative estimate of drug-likeness (QED) is 0.850. The third kappa shape index (κ3) is 3.11. The number of hydrogen-bond acceptors (Lipinski definition) is 3. The van der Waals surface area contributed by atoms with Gasteiger partial charge in [0.05, 0.1) is 12.2 Å². The maximum absolute atomic E-state index is 14.3. The van der Waals surface area contributed by atoms with Crippen molar-refractivity contribution < 1.29 is 9.13 Å². The van der Waals surface area contributed by atoms with Gasteiger partial charge in [0.1, 0.15) is 6.17 Å². The second-order valence-electron chi connectivity index (χ2n) is 6.81. The van der Waals surface area contributed by atoms with Crippen molar-refractivity contribution in [3.8, 4) is 0 Å². The molecule has 3 nitrogen and oxygen atoms in total. The lowest BCUT2D eigenvalue weighted by Crippen LogP contribution is -2.56. The van der Waals surface area contributed by atoms with E-state index < -0.39 is 6.17 Å². The highest BCUT2D eigenvalue weighted by molar-refractivity contribution is 4.94. The van der Waals surface area contributed by atoms with Crippen molar-refractivity contribution in [1.29, 1.82) is 0 Å². The molecule has 3 aliphatic rings. The Bertz CT molecular complexity index is 301. The fraction of sp³-hybridized carbons (Fsp3) is 1.00. The Morgan fingerprint density at radius 2 is 1.84 bits per heavy atom. The van der Waals surface area contributed by atoms with Crippen LogP contribution in [0.5, 0.6) is 0 Å². The van der Waals surface area contributed by atoms with Crippen molar-refractivity contribution in [3.63, 3.8) is 0 Å². The second-order valence-corrected chi connectivity index (χ2v) is 6.81. The molecule has 3 saturated heterocycles. The Labute approximate surface area is 115 Å². The Balaban J connectivity index is 1.54. The predicted octanol–water partition coefficient (Wildman–Crippen LogP) is 2.11. The van der Waals surface area contributed by atoms with Gasteiger partial charge in [-0.05, 0) is 32.1 Å². The minimum absolute atomic E-state index is 0.0489. The summed E-state index contributed by atoms with van der Waals surface area (Å²) in [5, 5.41) is 3.36. The SMILES string of the molecule is CC(C)NC1CCN(C2CC3CCC(C2)O3)CC1F. The van der Waals surface area contributed by atoms with E-state index in [-0.39, 0.29) is 6.04 Å². The number of halogens is 1. The highest BCUT2D eigenvalue weighted by atomic mass is 19.1. The third-order valence-corrected chi connectivity index (χ3v) is 4.90. The second kappa shape index (κ2) is 5.66. The van der Waals surface area contributed by atoms with Gasteiger partial charge in [0.2, 0.25) is 0 Å². The minimum Gasteiger partial charge on any atom is -0.375 e. The van der Waals surface area contributed by atoms with Gasteiger partial charge < -0.3 is 10.1 Å². The number of nitrogens with one attached hydrogen (secondary N) is 1. The summed E-state index contributed by atoms with van der Waals surface area (Å²) in [6.07, 6.45) is 5.78. The van der Waals surface area contributed by atoms with Gasteiger partial charge in [-0.15, -0.1) is 0 Å². The molecular weight excluding hydrogens is 243 g/mol. The van der Waals surface area contributed by atoms with E-state index in [1.54, 1.807) is 0 Å². The maximum Gasteiger partial charge on any atom is 0.128 e. The van der Waals surface area contributed by atoms with E-state index in [1.807, 2.05) is 0 Å². The van der Waals surface area contributed by atoms with Gasteiger partial charge in [0.25, 0.3) is 0 Å². The molecule has 4 heteroatoms. The normalized spacial score (nSPS) is 43.9. The Morgan fingerprint density at radius 1 is 1.16 bits per heavy atom. The molecule has 1 N–H and O–H groups in total. The smallest absolute Gasteiger partial charge is 0.128 e. The zero-order chi connectivity index (χ0) is 13.4. The molecule has 0 aromatic carbocycles. The Hall–Kier alpha value is -0.190. The number of likely N-dealkylation sites (tertiary alicyclic amines) is 1. The number of rotatable bonds is 3. The van der Waals surface area contributed by atoms with Crippen LogP contribution in [0.2, 0.25) is 0 Å². The first kappa shape index (κ1) is 13.8. The van der Waals surface area contributed by atoms with E-state index in [0.717, 1.165) is 25.8 Å². The average Bonchev–Trinajstić information content (AvgIpc) is 2.70. The van der Waals surface area contributed by atoms with Gasteiger partial charge in [-0.1, -0.05) is 13.8 Å². The molecule has 4 atom stereocenters. The molecular formula is C15H27FN2O. The van der Waals surface area contributed by atoms with E-state index in [4.69, 9.17) is 4.74 Å². The van der Waals surface area contributed by atoms with Crippen molar-refractivity contribution in [3.05, 3.63) is 0 Å². The van der Waals surface area contributed by atoms with Gasteiger partial charge in [-0.2, -0.15) is 0 Å². The molecule has 3 heterocycles. The summed E-state index contributed by atoms with van der Waals surface area (Å²) in [5.74, 6) is 0. The van der Waals surface area contributed by atoms with E-state index in [0.29, 0.717) is 30.8 Å². The van der Waals surface area contributed by atoms with E-state index in [1.165, 1.54) is 12.8 Å². The molecule has 4 unspecified atom stereocenters. The fourth-order valence-corrected chi connectivity index (χ4v) is 4.00. The first-order valence-corrected chi connectivity index (χ1v) is 7.91. The summed E-state index contributed by atoms with van der Waals surface area (Å²) >= 11 is 0. The number of fused-ring (bicyclic) bond motifs is 2. The van der Waals surface area contributed by atoms with Crippen LogP contribution in [0.3, 0.4) is 0 Å². The van der Waals surface area contributed by atoms with Crippen LogP contribution in [-0.4, -0.2) is 54.5 Å². The zero-order valence-electron chi connectivity index (χ0n) is 12.1. The molecule has 0 aromatic rings. The summed E-state index contributed by atoms with van der Waals surface area (Å²) in [6.45, 7) is 5.83. The monoisotopic (exact) mass is 270 g/mol. The molecule has 0 radical (unpaired) electrons. The minimum atomic E-state index is -0.725. The molecule has 0 amide bonds. The van der Waals surface area contributed by atoms with Crippen molar-refractivity contribution >= 4 is 0 Å². The molecule has 0 aliphatic carbocycles. The van der Waals surface area contributed by atoms with Crippen molar-refractivity contribution in [2.24, 2.45) is 0 Å². The first-order valence-electron chi connectivity index (χ1n) is 7.91. The highest BCUT2D eigenvalue weighted by Crippen LogP contribution is 2.35. The van der Waals surface area contributed by atoms with Crippen LogP contribution in [0, 0.1) is 0 Å². The lowest BCUT2D eigenvalue weighted by atomic mass is 9.96. The summed E-state index contributed by atoms with van der Waals surface area (Å²) in [7, 11) is 0. The number of alkyl halides is 1. The number of piperidine rings is 1. The van der Waals surface area contributed by atoms with Gasteiger partial charge in [-0.25, -0.2) is 4.39 Å². The van der Waals surface area contributed by atoms with E-state index >= 15 is 0 Å². The maximum atomic E-state index is 14.3. The van der Waals surface area contributed by atoms with Crippen LogP contribution in [0.25, 0.3) is 0 Å². The van der Waals surface area contributed by atoms with Crippen LogP contribution in [0.1, 0.15) is 46.0 Å². The third-order valence-electron chi connectivity index (χ3n) is 4.90. The van der Waals surface area contributed by atoms with Crippen LogP contribution in [0.4, 0.5) is 4.39 Å². The lowest BCUT2D eigenvalue weighted by molar-refractivity contribution is -0.0491. The fourth-order valence-electron chi connectivity index (χ4n) is 4.00. The summed E-state index contributed by atoms with van der Waals surface area (Å²) in [5.41, 5.74) is 0. The molecule has 3 aliphatic heterocycles. The van der Waals surface area contributed by atoms with E-state index in [2.05, 4.69) is 24.1 Å². The lowest BCUT2D eigenvalue weighted by Gasteiger charge is -2.43. The van der Waals surface area contributed by atoms with Gasteiger partial charge >= 0.3 is 0 Å². The molecule has 3 fully saturated rings. The van der Waals surface area contributed by atoms with Gasteiger partial charge in [-0.3, -0.25) is 4.90 Å². The Kier molecular flexibility index (Phi) is 4.11. The van der Waals surface area contributed by atoms with Crippen molar-refractivity contribution in [2.75, 3.05) is 13.1 Å². The molecule has 0 saturated carbocycles. The number of nitrogens with zero attached hydrogens (tertiary/aromatic N) is 1. The summed E-state index contributed by atoms with van der Waals surface area (Å²) < 4.78 is 20.2. The first-order chi connectivity index (χ1) is 9.11. The molecule has 0 aromatic heterocycles. The number of ether oxygens (including phenoxy) is 1.